The van der Waals surface area contributed by atoms with E-state index >= 15 is 0 Å². The number of rotatable bonds is 12. The molecule has 0 unspecified atom stereocenters. The highest BCUT2D eigenvalue weighted by Gasteiger charge is 2.09. The van der Waals surface area contributed by atoms with E-state index in [0.717, 1.165) is 30.6 Å². The van der Waals surface area contributed by atoms with Gasteiger partial charge in [0.05, 0.1) is 0 Å². The van der Waals surface area contributed by atoms with Crippen molar-refractivity contribution < 1.29 is 4.42 Å². The van der Waals surface area contributed by atoms with E-state index < -0.39 is 0 Å². The second-order valence-corrected chi connectivity index (χ2v) is 6.49. The predicted molar refractivity (Wildman–Crippen MR) is 94.6 cm³/mol. The highest BCUT2D eigenvalue weighted by Crippen LogP contribution is 2.17. The lowest BCUT2D eigenvalue weighted by Crippen LogP contribution is -2.08. The van der Waals surface area contributed by atoms with Gasteiger partial charge in [0.15, 0.2) is 0 Å². The molecule has 0 amide bonds. The van der Waals surface area contributed by atoms with E-state index in [9.17, 15) is 4.79 Å². The van der Waals surface area contributed by atoms with E-state index in [1.165, 1.54) is 63.4 Å². The smallest absolute Gasteiger partial charge is 0.338 e. The first-order valence-electron chi connectivity index (χ1n) is 9.31. The maximum atomic E-state index is 11.8. The molecule has 0 N–H and O–H groups in total. The van der Waals surface area contributed by atoms with Crippen LogP contribution in [0.3, 0.4) is 0 Å². The molecule has 0 radical (unpaired) electrons. The van der Waals surface area contributed by atoms with Crippen LogP contribution in [0.2, 0.25) is 0 Å². The average molecular weight is 306 g/mol. The third kappa shape index (κ3) is 7.29. The van der Waals surface area contributed by atoms with Crippen molar-refractivity contribution in [2.24, 2.45) is 0 Å². The fraction of sp³-hybridized carbons (Fsp3) is 0.750. The van der Waals surface area contributed by atoms with Gasteiger partial charge in [-0.25, -0.2) is 4.79 Å². The molecule has 0 aliphatic rings. The minimum absolute atomic E-state index is 0.154. The van der Waals surface area contributed by atoms with Crippen LogP contribution in [0.25, 0.3) is 0 Å². The maximum absolute atomic E-state index is 11.8. The summed E-state index contributed by atoms with van der Waals surface area (Å²) >= 11 is 0. The third-order valence-electron chi connectivity index (χ3n) is 4.34. The lowest BCUT2D eigenvalue weighted by Gasteiger charge is -2.09. The monoisotopic (exact) mass is 306 g/mol. The van der Waals surface area contributed by atoms with E-state index in [1.54, 1.807) is 0 Å². The Morgan fingerprint density at radius 1 is 0.818 bits per heavy atom. The molecule has 2 heteroatoms. The number of hydrogen-bond acceptors (Lipinski definition) is 2. The maximum Gasteiger partial charge on any atom is 0.338 e. The molecule has 0 fully saturated rings. The van der Waals surface area contributed by atoms with Gasteiger partial charge in [-0.15, -0.1) is 0 Å². The summed E-state index contributed by atoms with van der Waals surface area (Å²) in [7, 11) is 0. The van der Waals surface area contributed by atoms with Gasteiger partial charge in [-0.05, 0) is 37.8 Å². The zero-order valence-electron chi connectivity index (χ0n) is 14.9. The van der Waals surface area contributed by atoms with E-state index in [1.807, 2.05) is 6.92 Å². The van der Waals surface area contributed by atoms with Crippen LogP contribution in [0.15, 0.2) is 15.3 Å². The van der Waals surface area contributed by atoms with Crippen LogP contribution >= 0.6 is 0 Å². The van der Waals surface area contributed by atoms with Gasteiger partial charge in [0.2, 0.25) is 0 Å². The van der Waals surface area contributed by atoms with Crippen molar-refractivity contribution in [3.05, 3.63) is 33.4 Å². The lowest BCUT2D eigenvalue weighted by atomic mass is 10.0. The summed E-state index contributed by atoms with van der Waals surface area (Å²) in [6, 6.07) is 2.06. The van der Waals surface area contributed by atoms with Crippen molar-refractivity contribution in [3.63, 3.8) is 0 Å². The van der Waals surface area contributed by atoms with Crippen molar-refractivity contribution in [1.29, 1.82) is 0 Å². The SMILES string of the molecule is CCCCCCCc1cc(C)c(=O)oc1CCCCCCC. The zero-order chi connectivity index (χ0) is 16.2. The summed E-state index contributed by atoms with van der Waals surface area (Å²) in [5, 5.41) is 0. The Morgan fingerprint density at radius 3 is 1.95 bits per heavy atom. The fourth-order valence-electron chi connectivity index (χ4n) is 2.89. The standard InChI is InChI=1S/C20H34O2/c1-4-6-8-10-12-14-18-16-17(3)20(21)22-19(18)15-13-11-9-7-5-2/h16H,4-15H2,1-3H3. The quantitative estimate of drug-likeness (QED) is 0.445. The first-order chi connectivity index (χ1) is 10.7. The van der Waals surface area contributed by atoms with Crippen LogP contribution in [0.5, 0.6) is 0 Å². The summed E-state index contributed by atoms with van der Waals surface area (Å²) in [5.74, 6) is 0.947. The van der Waals surface area contributed by atoms with Crippen LogP contribution in [0.4, 0.5) is 0 Å². The summed E-state index contributed by atoms with van der Waals surface area (Å²) in [6.45, 7) is 6.33. The van der Waals surface area contributed by atoms with Crippen LogP contribution < -0.4 is 5.63 Å². The fourth-order valence-corrected chi connectivity index (χ4v) is 2.89. The normalized spacial score (nSPS) is 11.0. The Hall–Kier alpha value is -1.05. The average Bonchev–Trinajstić information content (AvgIpc) is 2.51. The molecule has 1 aromatic rings. The molecule has 1 aromatic heterocycles. The van der Waals surface area contributed by atoms with Crippen LogP contribution in [-0.2, 0) is 12.8 Å². The first-order valence-corrected chi connectivity index (χ1v) is 9.31. The molecule has 126 valence electrons. The number of unbranched alkanes of at least 4 members (excludes halogenated alkanes) is 8. The van der Waals surface area contributed by atoms with Crippen LogP contribution in [-0.4, -0.2) is 0 Å². The van der Waals surface area contributed by atoms with Gasteiger partial charge < -0.3 is 4.42 Å². The minimum Gasteiger partial charge on any atom is -0.427 e. The molecule has 0 atom stereocenters. The van der Waals surface area contributed by atoms with Gasteiger partial charge in [-0.1, -0.05) is 65.2 Å². The number of aryl methyl sites for hydroxylation is 3. The molecule has 0 aliphatic carbocycles. The molecule has 22 heavy (non-hydrogen) atoms. The second-order valence-electron chi connectivity index (χ2n) is 6.49. The highest BCUT2D eigenvalue weighted by atomic mass is 16.4. The van der Waals surface area contributed by atoms with Crippen molar-refractivity contribution in [1.82, 2.24) is 0 Å². The molecule has 0 bridgehead atoms. The van der Waals surface area contributed by atoms with Crippen LogP contribution in [0.1, 0.15) is 94.9 Å². The zero-order valence-corrected chi connectivity index (χ0v) is 14.9. The molecule has 1 rings (SSSR count). The highest BCUT2D eigenvalue weighted by molar-refractivity contribution is 5.22. The van der Waals surface area contributed by atoms with Gasteiger partial charge in [-0.3, -0.25) is 0 Å². The Kier molecular flexibility index (Phi) is 9.94. The van der Waals surface area contributed by atoms with Crippen molar-refractivity contribution in [2.75, 3.05) is 0 Å². The third-order valence-corrected chi connectivity index (χ3v) is 4.34. The van der Waals surface area contributed by atoms with Crippen molar-refractivity contribution >= 4 is 0 Å². The Morgan fingerprint density at radius 2 is 1.36 bits per heavy atom. The van der Waals surface area contributed by atoms with Gasteiger partial charge in [0.25, 0.3) is 0 Å². The van der Waals surface area contributed by atoms with E-state index in [0.29, 0.717) is 0 Å². The summed E-state index contributed by atoms with van der Waals surface area (Å²) in [5.41, 5.74) is 1.86. The molecule has 0 saturated carbocycles. The largest absolute Gasteiger partial charge is 0.427 e. The molecule has 0 aromatic carbocycles. The Bertz CT molecular complexity index is 459. The Balaban J connectivity index is 2.53. The summed E-state index contributed by atoms with van der Waals surface area (Å²) in [4.78, 5) is 11.8. The molecule has 0 saturated heterocycles. The molecular formula is C20H34O2. The van der Waals surface area contributed by atoms with E-state index in [2.05, 4.69) is 19.9 Å². The summed E-state index contributed by atoms with van der Waals surface area (Å²) in [6.07, 6.45) is 14.6. The minimum atomic E-state index is -0.154. The molecule has 0 spiro atoms. The topological polar surface area (TPSA) is 30.2 Å². The molecule has 2 nitrogen and oxygen atoms in total. The molecule has 1 heterocycles. The molecular weight excluding hydrogens is 272 g/mol. The predicted octanol–water partition coefficient (Wildman–Crippen LogP) is 5.97. The van der Waals surface area contributed by atoms with Gasteiger partial charge in [0.1, 0.15) is 5.76 Å². The second kappa shape index (κ2) is 11.5. The Labute approximate surface area is 136 Å². The first kappa shape index (κ1) is 19.0. The van der Waals surface area contributed by atoms with E-state index in [4.69, 9.17) is 4.42 Å². The van der Waals surface area contributed by atoms with Crippen molar-refractivity contribution in [3.8, 4) is 0 Å². The van der Waals surface area contributed by atoms with E-state index in [-0.39, 0.29) is 5.63 Å². The van der Waals surface area contributed by atoms with Crippen LogP contribution in [0, 0.1) is 6.92 Å². The lowest BCUT2D eigenvalue weighted by molar-refractivity contribution is 0.435. The molecule has 0 aliphatic heterocycles. The summed E-state index contributed by atoms with van der Waals surface area (Å²) < 4.78 is 5.57. The van der Waals surface area contributed by atoms with Gasteiger partial charge in [-0.2, -0.15) is 0 Å². The van der Waals surface area contributed by atoms with Crippen molar-refractivity contribution in [2.45, 2.75) is 97.8 Å². The van der Waals surface area contributed by atoms with Gasteiger partial charge in [0, 0.05) is 12.0 Å². The van der Waals surface area contributed by atoms with Gasteiger partial charge >= 0.3 is 5.63 Å². The number of hydrogen-bond donors (Lipinski definition) is 0.